The molecule has 8 aliphatic heterocycles. The summed E-state index contributed by atoms with van der Waals surface area (Å²) in [5, 5.41) is 5.26. The summed E-state index contributed by atoms with van der Waals surface area (Å²) >= 11 is 0. The average Bonchev–Trinajstić information content (AvgIpc) is 0.772. The Morgan fingerprint density at radius 2 is 0.737 bits per heavy atom. The highest BCUT2D eigenvalue weighted by Crippen LogP contribution is 2.43. The Labute approximate surface area is 799 Å². The monoisotopic (exact) mass is 1860 g/mol. The summed E-state index contributed by atoms with van der Waals surface area (Å²) in [6.07, 6.45) is 42.1. The molecule has 4 unspecified atom stereocenters. The molecule has 8 saturated heterocycles. The lowest BCUT2D eigenvalue weighted by Crippen LogP contribution is -2.57. The van der Waals surface area contributed by atoms with Gasteiger partial charge in [0.25, 0.3) is 11.8 Å². The number of aryl methyl sites for hydroxylation is 4. The van der Waals surface area contributed by atoms with Gasteiger partial charge in [0.2, 0.25) is 0 Å². The molecule has 2 amide bonds. The van der Waals surface area contributed by atoms with Crippen molar-refractivity contribution in [3.8, 4) is 23.0 Å². The second-order valence-corrected chi connectivity index (χ2v) is 38.3. The van der Waals surface area contributed by atoms with E-state index < -0.39 is 0 Å². The number of benzene rings is 4. The standard InChI is InChI=1S/C27H33N5O3.C26H30N6O3.C26H32N6O3.C25H31N5O2/c1-17-30-19(10-20(31-17)16-33-2)9-18-3-5-22(6-4-18)35-26-12-21(11-25-27(26)29-8-7-28-25)32-14-23-13-24(15-32)34-23;1-27-26(33)23-9-17(30-15-31-23)8-16-2-4-19(5-3-16)35-24-11-18(10-22-25(24)29-7-6-28-22)32-13-20-12-21(14-32)34-20;1-17-13-22(26(33)27-2)31-24(30-17)14-18-3-5-20(6-4-18)35-23-16-19(32-9-11-34-12-10-32)15-21-25(23)29-8-7-28-21;1-17-18(2)29-20(16-28-17)13-19-3-5-22(6-4-19)32-24-15-21(30-9-11-31-12-10-30)14-23-25(24)27-8-7-26-23/h7-8,10-12,18,22-24H,3-6,9,13-16H2,1-2H3;6-7,9-11,15-16,19-21H,2-5,8,12-14H2,1H3,(H,27,33);7-8,13,15-16,18,20H,3-6,9-12,14H2,1-2H3,(H,27,33);7-8,14-16,19,22H,3-6,9-13H2,1-2H3. The summed E-state index contributed by atoms with van der Waals surface area (Å²) in [5.74, 6) is 6.77. The normalized spacial score (nSPS) is 23.5. The van der Waals surface area contributed by atoms with Crippen molar-refractivity contribution in [2.24, 2.45) is 23.7 Å². The van der Waals surface area contributed by atoms with Gasteiger partial charge >= 0.3 is 0 Å². The van der Waals surface area contributed by atoms with E-state index in [1.807, 2.05) is 33.9 Å². The molecule has 2 N–H and O–H groups in total. The summed E-state index contributed by atoms with van der Waals surface area (Å²) in [7, 11) is 4.93. The third-order valence-electron chi connectivity index (χ3n) is 28.4. The summed E-state index contributed by atoms with van der Waals surface area (Å²) < 4.78 is 54.2. The number of piperidine rings is 2. The van der Waals surface area contributed by atoms with Gasteiger partial charge in [-0.15, -0.1) is 0 Å². The fraction of sp³-hybridized carbons (Fsp3) is 0.519. The topological polar surface area (TPSA) is 360 Å². The molecule has 718 valence electrons. The van der Waals surface area contributed by atoms with Gasteiger partial charge in [-0.25, -0.2) is 49.8 Å². The second-order valence-electron chi connectivity index (χ2n) is 38.3. The third kappa shape index (κ3) is 23.8. The molecule has 4 aliphatic carbocycles. The Kier molecular flexibility index (Phi) is 30.1. The number of anilines is 4. The second kappa shape index (κ2) is 44.0. The zero-order valence-electron chi connectivity index (χ0n) is 79.7. The molecule has 33 nitrogen and oxygen atoms in total. The lowest BCUT2D eigenvalue weighted by atomic mass is 9.84. The lowest BCUT2D eigenvalue weighted by molar-refractivity contribution is -0.133. The molecule has 4 saturated carbocycles. The van der Waals surface area contributed by atoms with Crippen molar-refractivity contribution < 1.29 is 52.2 Å². The molecular formula is C104H126N22O11. The molecule has 4 bridgehead atoms. The van der Waals surface area contributed by atoms with Crippen LogP contribution in [-0.4, -0.2) is 240 Å². The fourth-order valence-corrected chi connectivity index (χ4v) is 21.1. The maximum atomic E-state index is 12.0. The van der Waals surface area contributed by atoms with Crippen LogP contribution in [0.2, 0.25) is 0 Å². The molecule has 33 heteroatoms. The van der Waals surface area contributed by atoms with Gasteiger partial charge in [0.15, 0.2) is 0 Å². The summed E-state index contributed by atoms with van der Waals surface area (Å²) in [4.78, 5) is 106. The number of ether oxygens (including phenoxy) is 9. The number of rotatable bonds is 24. The lowest BCUT2D eigenvalue weighted by Gasteiger charge is -2.48. The number of nitrogens with one attached hydrogen (secondary N) is 2. The molecule has 24 rings (SSSR count). The SMILES string of the molecule is CNC(=O)c1cc(C)nc(CC2CCC(Oc3cc(N4CCOCC4)cc4nccnc34)CC2)n1.CNC(=O)c1cc(CC2CCC(Oc3cc(N4CC5CC(C4)O5)cc4nccnc34)CC2)ncn1.COCc1cc(CC2CCC(Oc3cc(N4CC5CC(C4)O5)cc4nccnc34)CC2)nc(C)n1.Cc1ncc(CC2CCC(Oc3cc(N4CCOCC4)cc4nccnc34)CC2)nc1C. The average molecular weight is 1860 g/mol. The van der Waals surface area contributed by atoms with E-state index in [1.165, 1.54) is 19.2 Å². The van der Waals surface area contributed by atoms with Gasteiger partial charge in [-0.3, -0.25) is 39.5 Å². The maximum Gasteiger partial charge on any atom is 0.269 e. The smallest absolute Gasteiger partial charge is 0.269 e. The van der Waals surface area contributed by atoms with Crippen LogP contribution in [0.3, 0.4) is 0 Å². The molecule has 0 spiro atoms. The summed E-state index contributed by atoms with van der Waals surface area (Å²) in [5.41, 5.74) is 19.2. The predicted molar refractivity (Wildman–Crippen MR) is 520 cm³/mol. The molecule has 4 atom stereocenters. The molecule has 0 radical (unpaired) electrons. The molecule has 12 aliphatic rings. The molecule has 8 aromatic heterocycles. The number of nitrogens with zero attached hydrogens (tertiary/aromatic N) is 20. The van der Waals surface area contributed by atoms with Crippen LogP contribution in [-0.2, 0) is 56.0 Å². The molecule has 4 aromatic carbocycles. The minimum atomic E-state index is -0.183. The van der Waals surface area contributed by atoms with Crippen LogP contribution in [0.25, 0.3) is 44.1 Å². The Balaban J connectivity index is 0.000000117. The number of amides is 2. The summed E-state index contributed by atoms with van der Waals surface area (Å²) in [6.45, 7) is 18.6. The van der Waals surface area contributed by atoms with E-state index >= 15 is 0 Å². The van der Waals surface area contributed by atoms with E-state index in [0.29, 0.717) is 66.1 Å². The van der Waals surface area contributed by atoms with Gasteiger partial charge in [-0.1, -0.05) is 0 Å². The van der Waals surface area contributed by atoms with Crippen molar-refractivity contribution in [2.45, 2.75) is 224 Å². The van der Waals surface area contributed by atoms with Crippen molar-refractivity contribution in [3.05, 3.63) is 192 Å². The number of carbonyl (C=O) groups excluding carboxylic acids is 2. The highest BCUT2D eigenvalue weighted by atomic mass is 16.5. The zero-order valence-corrected chi connectivity index (χ0v) is 79.7. The Hall–Kier alpha value is -12.3. The number of carbonyl (C=O) groups is 2. The first-order valence-corrected chi connectivity index (χ1v) is 49.3. The van der Waals surface area contributed by atoms with E-state index in [2.05, 4.69) is 160 Å². The Morgan fingerprint density at radius 1 is 0.365 bits per heavy atom. The minimum absolute atomic E-state index is 0.135. The van der Waals surface area contributed by atoms with Gasteiger partial charge in [0, 0.05) is 213 Å². The van der Waals surface area contributed by atoms with Crippen LogP contribution in [0.15, 0.2) is 129 Å². The number of fused-ring (bicyclic) bond motifs is 8. The van der Waals surface area contributed by atoms with Crippen LogP contribution in [0, 0.1) is 51.4 Å². The Bertz CT molecular complexity index is 6130. The van der Waals surface area contributed by atoms with Crippen molar-refractivity contribution >= 4 is 78.7 Å². The van der Waals surface area contributed by atoms with Gasteiger partial charge in [0.1, 0.15) is 74.4 Å². The first-order valence-electron chi connectivity index (χ1n) is 49.3. The van der Waals surface area contributed by atoms with E-state index in [9.17, 15) is 9.59 Å². The molecule has 12 fully saturated rings. The van der Waals surface area contributed by atoms with Gasteiger partial charge in [-0.2, -0.15) is 0 Å². The number of morpholine rings is 4. The van der Waals surface area contributed by atoms with E-state index in [4.69, 9.17) is 47.6 Å². The maximum absolute atomic E-state index is 12.0. The first kappa shape index (κ1) is 93.7. The van der Waals surface area contributed by atoms with E-state index in [1.54, 1.807) is 82.9 Å². The number of methoxy groups -OCH3 is 1. The highest BCUT2D eigenvalue weighted by Gasteiger charge is 2.41. The number of aromatic nitrogens is 16. The largest absolute Gasteiger partial charge is 0.488 e. The quantitative estimate of drug-likeness (QED) is 0.0567. The molecule has 16 heterocycles. The first-order chi connectivity index (χ1) is 67.0. The van der Waals surface area contributed by atoms with E-state index in [0.717, 1.165) is 349 Å². The van der Waals surface area contributed by atoms with Crippen molar-refractivity contribution in [3.63, 3.8) is 0 Å². The molecular weight excluding hydrogens is 1730 g/mol. The van der Waals surface area contributed by atoms with Crippen LogP contribution in [0.5, 0.6) is 23.0 Å². The van der Waals surface area contributed by atoms with Gasteiger partial charge < -0.3 is 72.9 Å². The van der Waals surface area contributed by atoms with Crippen LogP contribution >= 0.6 is 0 Å². The molecule has 137 heavy (non-hydrogen) atoms. The number of hydrogen-bond acceptors (Lipinski definition) is 31. The predicted octanol–water partition coefficient (Wildman–Crippen LogP) is 14.1. The number of hydrogen-bond donors (Lipinski definition) is 2. The summed E-state index contributed by atoms with van der Waals surface area (Å²) in [6, 6.07) is 22.6. The van der Waals surface area contributed by atoms with Crippen LogP contribution in [0.1, 0.15) is 188 Å². The molecule has 12 aromatic rings. The Morgan fingerprint density at radius 3 is 1.14 bits per heavy atom. The van der Waals surface area contributed by atoms with Gasteiger partial charge in [-0.05, 0) is 216 Å². The third-order valence-corrected chi connectivity index (χ3v) is 28.4. The van der Waals surface area contributed by atoms with Crippen LogP contribution < -0.4 is 49.2 Å². The fourth-order valence-electron chi connectivity index (χ4n) is 21.1. The van der Waals surface area contributed by atoms with E-state index in [-0.39, 0.29) is 36.2 Å². The highest BCUT2D eigenvalue weighted by molar-refractivity contribution is 5.93. The van der Waals surface area contributed by atoms with Crippen molar-refractivity contribution in [2.75, 3.05) is 120 Å². The minimum Gasteiger partial charge on any atom is -0.488 e. The van der Waals surface area contributed by atoms with Crippen molar-refractivity contribution in [1.29, 1.82) is 0 Å². The van der Waals surface area contributed by atoms with Crippen LogP contribution in [0.4, 0.5) is 22.7 Å². The zero-order chi connectivity index (χ0) is 93.7. The van der Waals surface area contributed by atoms with Crippen molar-refractivity contribution in [1.82, 2.24) is 90.4 Å². The van der Waals surface area contributed by atoms with Gasteiger partial charge in [0.05, 0.1) is 127 Å².